The molecule has 0 fully saturated rings. The molecule has 1 aromatic rings. The maximum absolute atomic E-state index is 5.28. The van der Waals surface area contributed by atoms with Crippen LogP contribution in [-0.4, -0.2) is 8.75 Å². The standard InChI is InChI=1S/C3H5N3S/c1-2-3(4)6-7-5-2/h1H3,(H2,4,6). The Morgan fingerprint density at radius 2 is 2.29 bits per heavy atom. The highest BCUT2D eigenvalue weighted by Crippen LogP contribution is 2.02. The molecule has 0 unspecified atom stereocenters. The number of aryl methyl sites for hydroxylation is 1. The Kier molecular flexibility index (Phi) is 0.941. The Morgan fingerprint density at radius 3 is 2.43 bits per heavy atom. The summed E-state index contributed by atoms with van der Waals surface area (Å²) in [7, 11) is 0. The Hall–Kier alpha value is -0.640. The molecule has 0 radical (unpaired) electrons. The van der Waals surface area contributed by atoms with Gasteiger partial charge in [0.1, 0.15) is 0 Å². The number of hydrogen-bond acceptors (Lipinski definition) is 4. The number of anilines is 1. The van der Waals surface area contributed by atoms with E-state index in [-0.39, 0.29) is 0 Å². The Morgan fingerprint density at radius 1 is 1.57 bits per heavy atom. The van der Waals surface area contributed by atoms with Gasteiger partial charge in [0.25, 0.3) is 0 Å². The third-order valence-electron chi connectivity index (χ3n) is 0.688. The van der Waals surface area contributed by atoms with Crippen LogP contribution in [0.15, 0.2) is 0 Å². The number of nitrogens with zero attached hydrogens (tertiary/aromatic N) is 2. The van der Waals surface area contributed by atoms with E-state index in [1.165, 1.54) is 0 Å². The SMILES string of the molecule is Cc1nsnc1N. The lowest BCUT2D eigenvalue weighted by Crippen LogP contribution is -1.85. The predicted octanol–water partition coefficient (Wildman–Crippen LogP) is 0.429. The summed E-state index contributed by atoms with van der Waals surface area (Å²) in [4.78, 5) is 0. The van der Waals surface area contributed by atoms with Gasteiger partial charge in [0.15, 0.2) is 5.82 Å². The zero-order chi connectivity index (χ0) is 5.28. The van der Waals surface area contributed by atoms with Crippen molar-refractivity contribution < 1.29 is 0 Å². The molecule has 0 spiro atoms. The third-order valence-corrected chi connectivity index (χ3v) is 1.32. The molecule has 0 bridgehead atoms. The van der Waals surface area contributed by atoms with Gasteiger partial charge in [-0.25, -0.2) is 0 Å². The normalized spacial score (nSPS) is 9.29. The predicted molar refractivity (Wildman–Crippen MR) is 29.1 cm³/mol. The van der Waals surface area contributed by atoms with Crippen LogP contribution in [0, 0.1) is 6.92 Å². The van der Waals surface area contributed by atoms with Crippen molar-refractivity contribution in [1.82, 2.24) is 8.75 Å². The summed E-state index contributed by atoms with van der Waals surface area (Å²) in [5, 5.41) is 0. The molecule has 1 heterocycles. The molecule has 1 rings (SSSR count). The van der Waals surface area contributed by atoms with E-state index in [1.54, 1.807) is 0 Å². The number of nitrogens with two attached hydrogens (primary N) is 1. The van der Waals surface area contributed by atoms with Crippen LogP contribution in [0.2, 0.25) is 0 Å². The molecule has 2 N–H and O–H groups in total. The second-order valence-electron chi connectivity index (χ2n) is 1.23. The van der Waals surface area contributed by atoms with Gasteiger partial charge in [0.2, 0.25) is 0 Å². The van der Waals surface area contributed by atoms with Gasteiger partial charge in [0.05, 0.1) is 17.4 Å². The first-order valence-electron chi connectivity index (χ1n) is 1.85. The number of nitrogen functional groups attached to an aromatic ring is 1. The molecule has 0 saturated heterocycles. The van der Waals surface area contributed by atoms with E-state index in [0.29, 0.717) is 5.82 Å². The van der Waals surface area contributed by atoms with E-state index in [4.69, 9.17) is 5.73 Å². The summed E-state index contributed by atoms with van der Waals surface area (Å²) in [5.41, 5.74) is 6.10. The van der Waals surface area contributed by atoms with Crippen LogP contribution in [0.5, 0.6) is 0 Å². The van der Waals surface area contributed by atoms with E-state index in [9.17, 15) is 0 Å². The smallest absolute Gasteiger partial charge is 0.160 e. The van der Waals surface area contributed by atoms with E-state index < -0.39 is 0 Å². The minimum absolute atomic E-state index is 0.546. The van der Waals surface area contributed by atoms with Gasteiger partial charge in [-0.1, -0.05) is 0 Å². The molecule has 0 saturated carbocycles. The van der Waals surface area contributed by atoms with Crippen LogP contribution in [0.25, 0.3) is 0 Å². The van der Waals surface area contributed by atoms with Crippen LogP contribution in [0.4, 0.5) is 5.82 Å². The second kappa shape index (κ2) is 1.46. The Labute approximate surface area is 45.5 Å². The van der Waals surface area contributed by atoms with Crippen LogP contribution >= 0.6 is 11.7 Å². The molecule has 0 atom stereocenters. The van der Waals surface area contributed by atoms with Crippen molar-refractivity contribution in [3.05, 3.63) is 5.69 Å². The van der Waals surface area contributed by atoms with Crippen molar-refractivity contribution in [3.63, 3.8) is 0 Å². The molecule has 0 aliphatic heterocycles. The van der Waals surface area contributed by atoms with Crippen molar-refractivity contribution in [1.29, 1.82) is 0 Å². The Balaban J connectivity index is 3.12. The van der Waals surface area contributed by atoms with Crippen molar-refractivity contribution in [2.75, 3.05) is 5.73 Å². The molecule has 38 valence electrons. The van der Waals surface area contributed by atoms with Crippen molar-refractivity contribution in [3.8, 4) is 0 Å². The van der Waals surface area contributed by atoms with E-state index in [1.807, 2.05) is 6.92 Å². The van der Waals surface area contributed by atoms with Crippen LogP contribution in [-0.2, 0) is 0 Å². The quantitative estimate of drug-likeness (QED) is 0.533. The number of hydrogen-bond donors (Lipinski definition) is 1. The molecule has 4 heteroatoms. The van der Waals surface area contributed by atoms with Gasteiger partial charge < -0.3 is 5.73 Å². The second-order valence-corrected chi connectivity index (χ2v) is 1.76. The third kappa shape index (κ3) is 0.691. The van der Waals surface area contributed by atoms with Crippen molar-refractivity contribution in [2.45, 2.75) is 6.92 Å². The molecule has 0 amide bonds. The highest BCUT2D eigenvalue weighted by Gasteiger charge is 1.92. The zero-order valence-corrected chi connectivity index (χ0v) is 4.70. The fourth-order valence-corrected chi connectivity index (χ4v) is 0.715. The lowest BCUT2D eigenvalue weighted by molar-refractivity contribution is 1.33. The average molecular weight is 115 g/mol. The topological polar surface area (TPSA) is 51.8 Å². The van der Waals surface area contributed by atoms with Crippen LogP contribution in [0.3, 0.4) is 0 Å². The van der Waals surface area contributed by atoms with Gasteiger partial charge in [-0.05, 0) is 6.92 Å². The fourth-order valence-electron chi connectivity index (χ4n) is 0.238. The lowest BCUT2D eigenvalue weighted by Gasteiger charge is -1.76. The molecule has 0 aliphatic rings. The largest absolute Gasteiger partial charge is 0.381 e. The summed E-state index contributed by atoms with van der Waals surface area (Å²) < 4.78 is 7.55. The van der Waals surface area contributed by atoms with Crippen LogP contribution < -0.4 is 5.73 Å². The number of rotatable bonds is 0. The average Bonchev–Trinajstić information content (AvgIpc) is 1.91. The first-order chi connectivity index (χ1) is 3.30. The van der Waals surface area contributed by atoms with Gasteiger partial charge in [-0.2, -0.15) is 8.75 Å². The van der Waals surface area contributed by atoms with E-state index in [0.717, 1.165) is 17.4 Å². The minimum atomic E-state index is 0.546. The van der Waals surface area contributed by atoms with E-state index in [2.05, 4.69) is 8.75 Å². The van der Waals surface area contributed by atoms with Crippen molar-refractivity contribution >= 4 is 17.5 Å². The highest BCUT2D eigenvalue weighted by atomic mass is 32.1. The molecule has 7 heavy (non-hydrogen) atoms. The van der Waals surface area contributed by atoms with E-state index >= 15 is 0 Å². The molecule has 0 aromatic carbocycles. The fraction of sp³-hybridized carbons (Fsp3) is 0.333. The van der Waals surface area contributed by atoms with Crippen LogP contribution in [0.1, 0.15) is 5.69 Å². The summed E-state index contributed by atoms with van der Waals surface area (Å²) in [6.45, 7) is 1.83. The molecule has 3 nitrogen and oxygen atoms in total. The molecular formula is C3H5N3S. The number of aromatic nitrogens is 2. The highest BCUT2D eigenvalue weighted by molar-refractivity contribution is 6.99. The van der Waals surface area contributed by atoms with Gasteiger partial charge in [0, 0.05) is 0 Å². The summed E-state index contributed by atoms with van der Waals surface area (Å²) in [6, 6.07) is 0. The first kappa shape index (κ1) is 4.52. The summed E-state index contributed by atoms with van der Waals surface area (Å²) in [5.74, 6) is 0.546. The molecule has 1 aromatic heterocycles. The van der Waals surface area contributed by atoms with Gasteiger partial charge >= 0.3 is 0 Å². The summed E-state index contributed by atoms with van der Waals surface area (Å²) >= 11 is 1.14. The monoisotopic (exact) mass is 115 g/mol. The summed E-state index contributed by atoms with van der Waals surface area (Å²) in [6.07, 6.45) is 0. The van der Waals surface area contributed by atoms with Gasteiger partial charge in [-0.15, -0.1) is 0 Å². The zero-order valence-electron chi connectivity index (χ0n) is 3.88. The first-order valence-corrected chi connectivity index (χ1v) is 2.58. The maximum atomic E-state index is 5.28. The lowest BCUT2D eigenvalue weighted by atomic mass is 10.5. The minimum Gasteiger partial charge on any atom is -0.381 e. The molecule has 0 aliphatic carbocycles. The Bertz CT molecular complexity index is 142. The van der Waals surface area contributed by atoms with Gasteiger partial charge in [-0.3, -0.25) is 0 Å². The van der Waals surface area contributed by atoms with Crippen molar-refractivity contribution in [2.24, 2.45) is 0 Å². The molecular weight excluding hydrogens is 110 g/mol. The maximum Gasteiger partial charge on any atom is 0.160 e.